The van der Waals surface area contributed by atoms with Gasteiger partial charge in [0, 0.05) is 22.3 Å². The van der Waals surface area contributed by atoms with Crippen LogP contribution in [0.3, 0.4) is 0 Å². The van der Waals surface area contributed by atoms with Crippen molar-refractivity contribution in [1.29, 1.82) is 0 Å². The van der Waals surface area contributed by atoms with Crippen LogP contribution >= 0.6 is 22.6 Å². The first-order chi connectivity index (χ1) is 8.99. The summed E-state index contributed by atoms with van der Waals surface area (Å²) in [6.07, 6.45) is 0.349. The molecule has 1 aromatic rings. The zero-order chi connectivity index (χ0) is 14.4. The highest BCUT2D eigenvalue weighted by Crippen LogP contribution is 2.29. The number of carbonyl (C=O) groups is 1. The lowest BCUT2D eigenvalue weighted by Crippen LogP contribution is -2.21. The van der Waals surface area contributed by atoms with E-state index < -0.39 is 18.1 Å². The number of phenolic OH excluding ortho intramolecular Hbond substituents is 1. The van der Waals surface area contributed by atoms with E-state index in [1.54, 1.807) is 12.1 Å². The molecular formula is C12H14INO5. The van der Waals surface area contributed by atoms with Crippen LogP contribution in [0.1, 0.15) is 11.7 Å². The fourth-order valence-electron chi connectivity index (χ4n) is 1.47. The lowest BCUT2D eigenvalue weighted by Gasteiger charge is -2.19. The van der Waals surface area contributed by atoms with Gasteiger partial charge >= 0.3 is 0 Å². The molecule has 0 aliphatic carbocycles. The highest BCUT2D eigenvalue weighted by molar-refractivity contribution is 14.1. The van der Waals surface area contributed by atoms with Crippen molar-refractivity contribution in [3.05, 3.63) is 39.5 Å². The fourth-order valence-corrected chi connectivity index (χ4v) is 1.99. The lowest BCUT2D eigenvalue weighted by atomic mass is 10.0. The van der Waals surface area contributed by atoms with E-state index in [-0.39, 0.29) is 5.75 Å². The van der Waals surface area contributed by atoms with E-state index >= 15 is 0 Å². The molecule has 4 N–H and O–H groups in total. The summed E-state index contributed by atoms with van der Waals surface area (Å²) < 4.78 is 5.89. The Morgan fingerprint density at radius 3 is 2.79 bits per heavy atom. The molecule has 0 heterocycles. The molecule has 0 unspecified atom stereocenters. The number of methoxy groups -OCH3 is 1. The predicted molar refractivity (Wildman–Crippen MR) is 75.6 cm³/mol. The van der Waals surface area contributed by atoms with Gasteiger partial charge < -0.3 is 14.9 Å². The zero-order valence-corrected chi connectivity index (χ0v) is 12.2. The number of hydrogen-bond donors (Lipinski definition) is 4. The first-order valence-corrected chi connectivity index (χ1v) is 6.39. The van der Waals surface area contributed by atoms with Crippen molar-refractivity contribution in [1.82, 2.24) is 5.48 Å². The first-order valence-electron chi connectivity index (χ1n) is 5.31. The zero-order valence-electron chi connectivity index (χ0n) is 10.1. The van der Waals surface area contributed by atoms with Gasteiger partial charge in [-0.05, 0) is 46.9 Å². The van der Waals surface area contributed by atoms with Crippen LogP contribution in [0, 0.1) is 3.57 Å². The number of nitrogens with one attached hydrogen (secondary N) is 1. The first kappa shape index (κ1) is 15.9. The van der Waals surface area contributed by atoms with Crippen molar-refractivity contribution >= 4 is 28.5 Å². The molecule has 19 heavy (non-hydrogen) atoms. The summed E-state index contributed by atoms with van der Waals surface area (Å²) in [5.41, 5.74) is 1.73. The number of halogens is 1. The highest BCUT2D eigenvalue weighted by Gasteiger charge is 2.21. The molecule has 6 nitrogen and oxygen atoms in total. The summed E-state index contributed by atoms with van der Waals surface area (Å²) in [5, 5.41) is 28.2. The molecule has 0 saturated heterocycles. The van der Waals surface area contributed by atoms with Gasteiger partial charge in [0.2, 0.25) is 0 Å². The van der Waals surface area contributed by atoms with Crippen LogP contribution in [0.2, 0.25) is 0 Å². The second-order valence-corrected chi connectivity index (χ2v) is 4.93. The lowest BCUT2D eigenvalue weighted by molar-refractivity contribution is -0.124. The van der Waals surface area contributed by atoms with Gasteiger partial charge in [-0.2, -0.15) is 0 Å². The second kappa shape index (κ2) is 7.43. The fraction of sp³-hybridized carbons (Fsp3) is 0.250. The van der Waals surface area contributed by atoms with Crippen LogP contribution in [0.5, 0.6) is 5.75 Å². The van der Waals surface area contributed by atoms with Crippen molar-refractivity contribution in [2.75, 3.05) is 7.11 Å². The molecule has 1 rings (SSSR count). The summed E-state index contributed by atoms with van der Waals surface area (Å²) in [7, 11) is 1.36. The number of hydrogen-bond acceptors (Lipinski definition) is 5. The molecule has 7 heteroatoms. The Labute approximate surface area is 123 Å². The molecule has 0 aliphatic rings. The van der Waals surface area contributed by atoms with Crippen LogP contribution in [0.4, 0.5) is 0 Å². The summed E-state index contributed by atoms with van der Waals surface area (Å²) >= 11 is 2.05. The number of amides is 1. The SMILES string of the molecule is CO[C@H](/C=C/C(=O)NO)[C@H](O)c1cc(I)ccc1O. The van der Waals surface area contributed by atoms with Crippen molar-refractivity contribution in [3.8, 4) is 5.75 Å². The van der Waals surface area contributed by atoms with Crippen LogP contribution in [-0.4, -0.2) is 34.5 Å². The third-order valence-corrected chi connectivity index (χ3v) is 3.11. The number of rotatable bonds is 5. The smallest absolute Gasteiger partial charge is 0.267 e. The number of carbonyl (C=O) groups excluding carboxylic acids is 1. The Kier molecular flexibility index (Phi) is 6.22. The molecular weight excluding hydrogens is 365 g/mol. The third kappa shape index (κ3) is 4.46. The van der Waals surface area contributed by atoms with E-state index in [4.69, 9.17) is 9.94 Å². The van der Waals surface area contributed by atoms with Gasteiger partial charge in [0.15, 0.2) is 0 Å². The Morgan fingerprint density at radius 2 is 2.21 bits per heavy atom. The summed E-state index contributed by atoms with van der Waals surface area (Å²) in [6, 6.07) is 4.78. The number of aliphatic hydroxyl groups excluding tert-OH is 1. The molecule has 0 fully saturated rings. The molecule has 0 aliphatic heterocycles. The quantitative estimate of drug-likeness (QED) is 0.266. The van der Waals surface area contributed by atoms with Gasteiger partial charge in [-0.25, -0.2) is 5.48 Å². The van der Waals surface area contributed by atoms with Crippen molar-refractivity contribution in [3.63, 3.8) is 0 Å². The van der Waals surface area contributed by atoms with E-state index in [9.17, 15) is 15.0 Å². The maximum absolute atomic E-state index is 10.9. The van der Waals surface area contributed by atoms with Gasteiger partial charge in [0.1, 0.15) is 18.0 Å². The molecule has 1 aromatic carbocycles. The van der Waals surface area contributed by atoms with Crippen LogP contribution in [-0.2, 0) is 9.53 Å². The van der Waals surface area contributed by atoms with Crippen molar-refractivity contribution < 1.29 is 25.0 Å². The van der Waals surface area contributed by atoms with Crippen LogP contribution < -0.4 is 5.48 Å². The predicted octanol–water partition coefficient (Wildman–Crippen LogP) is 1.11. The van der Waals surface area contributed by atoms with Gasteiger partial charge in [-0.15, -0.1) is 0 Å². The Bertz CT molecular complexity index is 477. The largest absolute Gasteiger partial charge is 0.508 e. The van der Waals surface area contributed by atoms with Gasteiger partial charge in [0.05, 0.1) is 0 Å². The Hall–Kier alpha value is -1.16. The molecule has 2 atom stereocenters. The number of hydroxylamine groups is 1. The summed E-state index contributed by atoms with van der Waals surface area (Å²) in [4.78, 5) is 10.9. The Balaban J connectivity index is 2.95. The van der Waals surface area contributed by atoms with Crippen LogP contribution in [0.25, 0.3) is 0 Å². The minimum Gasteiger partial charge on any atom is -0.508 e. The molecule has 0 aromatic heterocycles. The van der Waals surface area contributed by atoms with E-state index in [1.165, 1.54) is 24.7 Å². The molecule has 0 saturated carbocycles. The summed E-state index contributed by atoms with van der Waals surface area (Å²) in [6.45, 7) is 0. The molecule has 0 bridgehead atoms. The van der Waals surface area contributed by atoms with Gasteiger partial charge in [-0.1, -0.05) is 0 Å². The monoisotopic (exact) mass is 379 g/mol. The number of benzene rings is 1. The van der Waals surface area contributed by atoms with E-state index in [2.05, 4.69) is 22.6 Å². The average Bonchev–Trinajstić information content (AvgIpc) is 2.41. The number of aromatic hydroxyl groups is 1. The molecule has 104 valence electrons. The van der Waals surface area contributed by atoms with Gasteiger partial charge in [0.25, 0.3) is 5.91 Å². The maximum atomic E-state index is 10.9. The highest BCUT2D eigenvalue weighted by atomic mass is 127. The standard InChI is InChI=1S/C12H14INO5/c1-19-10(4-5-11(16)14-18)12(17)8-6-7(13)2-3-9(8)15/h2-6,10,12,15,17-18H,1H3,(H,14,16)/b5-4+/t10-,12-/m1/s1. The number of aliphatic hydroxyl groups is 1. The molecule has 1 amide bonds. The van der Waals surface area contributed by atoms with E-state index in [0.717, 1.165) is 9.65 Å². The number of ether oxygens (including phenoxy) is 1. The Morgan fingerprint density at radius 1 is 1.53 bits per heavy atom. The van der Waals surface area contributed by atoms with Gasteiger partial charge in [-0.3, -0.25) is 10.0 Å². The van der Waals surface area contributed by atoms with E-state index in [1.807, 2.05) is 0 Å². The third-order valence-electron chi connectivity index (χ3n) is 2.44. The minimum atomic E-state index is -1.14. The molecule has 0 radical (unpaired) electrons. The maximum Gasteiger partial charge on any atom is 0.267 e. The second-order valence-electron chi connectivity index (χ2n) is 3.68. The topological polar surface area (TPSA) is 99.0 Å². The summed E-state index contributed by atoms with van der Waals surface area (Å²) in [5.74, 6) is -0.795. The molecule has 0 spiro atoms. The minimum absolute atomic E-state index is 0.0602. The van der Waals surface area contributed by atoms with Crippen LogP contribution in [0.15, 0.2) is 30.4 Å². The van der Waals surface area contributed by atoms with E-state index in [0.29, 0.717) is 5.56 Å². The van der Waals surface area contributed by atoms with Crippen molar-refractivity contribution in [2.24, 2.45) is 0 Å². The number of phenols is 1. The van der Waals surface area contributed by atoms with Crippen molar-refractivity contribution in [2.45, 2.75) is 12.2 Å². The average molecular weight is 379 g/mol. The normalized spacial score (nSPS) is 14.3.